The number of hydrogen-bond acceptors (Lipinski definition) is 3. The van der Waals surface area contributed by atoms with E-state index in [1.165, 1.54) is 7.11 Å². The SMILES string of the molecule is COc1ccc(Cl)c(N)c1C#N. The third kappa shape index (κ3) is 1.29. The van der Waals surface area contributed by atoms with Gasteiger partial charge < -0.3 is 10.5 Å². The van der Waals surface area contributed by atoms with Gasteiger partial charge in [-0.1, -0.05) is 11.6 Å². The molecule has 0 saturated heterocycles. The second-order valence-corrected chi connectivity index (χ2v) is 2.56. The molecule has 1 aromatic carbocycles. The molecule has 0 aliphatic rings. The normalized spacial score (nSPS) is 9.08. The average Bonchev–Trinajstić information content (AvgIpc) is 2.09. The molecule has 62 valence electrons. The van der Waals surface area contributed by atoms with Crippen LogP contribution in [0.3, 0.4) is 0 Å². The molecule has 0 saturated carbocycles. The van der Waals surface area contributed by atoms with Crippen LogP contribution in [0, 0.1) is 11.3 Å². The Kier molecular flexibility index (Phi) is 2.41. The van der Waals surface area contributed by atoms with Crippen molar-refractivity contribution in [1.29, 1.82) is 5.26 Å². The lowest BCUT2D eigenvalue weighted by Gasteiger charge is -2.05. The maximum Gasteiger partial charge on any atom is 0.138 e. The molecular weight excluding hydrogens is 176 g/mol. The topological polar surface area (TPSA) is 59.0 Å². The van der Waals surface area contributed by atoms with Gasteiger partial charge >= 0.3 is 0 Å². The molecule has 0 aromatic heterocycles. The number of halogens is 1. The Balaban J connectivity index is 3.38. The molecule has 0 unspecified atom stereocenters. The van der Waals surface area contributed by atoms with Gasteiger partial charge in [-0.25, -0.2) is 0 Å². The minimum Gasteiger partial charge on any atom is -0.495 e. The van der Waals surface area contributed by atoms with E-state index in [1.54, 1.807) is 12.1 Å². The van der Waals surface area contributed by atoms with Gasteiger partial charge in [0.1, 0.15) is 17.4 Å². The molecule has 4 heteroatoms. The molecule has 0 fully saturated rings. The number of nitrogens with zero attached hydrogens (tertiary/aromatic N) is 1. The van der Waals surface area contributed by atoms with Gasteiger partial charge in [0.2, 0.25) is 0 Å². The van der Waals surface area contributed by atoms with Gasteiger partial charge in [0.15, 0.2) is 0 Å². The molecule has 1 aromatic rings. The predicted octanol–water partition coefficient (Wildman–Crippen LogP) is 1.80. The third-order valence-corrected chi connectivity index (χ3v) is 1.82. The summed E-state index contributed by atoms with van der Waals surface area (Å²) in [5.41, 5.74) is 6.08. The lowest BCUT2D eigenvalue weighted by atomic mass is 10.2. The maximum atomic E-state index is 8.69. The quantitative estimate of drug-likeness (QED) is 0.674. The van der Waals surface area contributed by atoms with Crippen molar-refractivity contribution >= 4 is 17.3 Å². The molecule has 0 bridgehead atoms. The zero-order chi connectivity index (χ0) is 9.14. The number of ether oxygens (including phenoxy) is 1. The summed E-state index contributed by atoms with van der Waals surface area (Å²) in [4.78, 5) is 0. The summed E-state index contributed by atoms with van der Waals surface area (Å²) in [6, 6.07) is 5.12. The van der Waals surface area contributed by atoms with Crippen LogP contribution in [0.1, 0.15) is 5.56 Å². The second-order valence-electron chi connectivity index (χ2n) is 2.15. The summed E-state index contributed by atoms with van der Waals surface area (Å²) in [5, 5.41) is 9.05. The van der Waals surface area contributed by atoms with Crippen LogP contribution >= 0.6 is 11.6 Å². The highest BCUT2D eigenvalue weighted by Crippen LogP contribution is 2.29. The molecule has 0 aliphatic heterocycles. The van der Waals surface area contributed by atoms with Crippen LogP contribution in [-0.2, 0) is 0 Å². The molecule has 1 rings (SSSR count). The van der Waals surface area contributed by atoms with Crippen LogP contribution in [0.5, 0.6) is 5.75 Å². The molecule has 0 atom stereocenters. The van der Waals surface area contributed by atoms with Crippen molar-refractivity contribution in [2.75, 3.05) is 12.8 Å². The number of hydrogen-bond donors (Lipinski definition) is 1. The maximum absolute atomic E-state index is 8.69. The van der Waals surface area contributed by atoms with Crippen molar-refractivity contribution in [3.8, 4) is 11.8 Å². The summed E-state index contributed by atoms with van der Waals surface area (Å²) in [7, 11) is 1.48. The largest absolute Gasteiger partial charge is 0.495 e. The Bertz CT molecular complexity index is 344. The highest BCUT2D eigenvalue weighted by Gasteiger charge is 2.08. The first kappa shape index (κ1) is 8.69. The molecule has 2 N–H and O–H groups in total. The number of nitrogens with two attached hydrogens (primary N) is 1. The lowest BCUT2D eigenvalue weighted by Crippen LogP contribution is -1.95. The Morgan fingerprint density at radius 2 is 2.25 bits per heavy atom. The molecule has 0 heterocycles. The zero-order valence-electron chi connectivity index (χ0n) is 6.47. The van der Waals surface area contributed by atoms with Crippen LogP contribution in [0.15, 0.2) is 12.1 Å². The van der Waals surface area contributed by atoms with Crippen molar-refractivity contribution in [3.05, 3.63) is 22.7 Å². The van der Waals surface area contributed by atoms with Gasteiger partial charge in [-0.2, -0.15) is 5.26 Å². The van der Waals surface area contributed by atoms with Crippen molar-refractivity contribution < 1.29 is 4.74 Å². The molecule has 0 radical (unpaired) electrons. The number of nitriles is 1. The summed E-state index contributed by atoms with van der Waals surface area (Å²) < 4.78 is 4.91. The summed E-state index contributed by atoms with van der Waals surface area (Å²) in [5.74, 6) is 0.444. The van der Waals surface area contributed by atoms with E-state index in [-0.39, 0.29) is 11.3 Å². The van der Waals surface area contributed by atoms with Crippen LogP contribution in [0.2, 0.25) is 5.02 Å². The number of nitrogen functional groups attached to an aromatic ring is 1. The first-order valence-corrected chi connectivity index (χ1v) is 3.60. The minimum absolute atomic E-state index is 0.263. The first-order valence-electron chi connectivity index (χ1n) is 3.22. The minimum atomic E-state index is 0.263. The fourth-order valence-electron chi connectivity index (χ4n) is 0.860. The van der Waals surface area contributed by atoms with Gasteiger partial charge in [0, 0.05) is 0 Å². The van der Waals surface area contributed by atoms with Gasteiger partial charge in [-0.15, -0.1) is 0 Å². The smallest absolute Gasteiger partial charge is 0.138 e. The Morgan fingerprint density at radius 3 is 2.75 bits per heavy atom. The van der Waals surface area contributed by atoms with Crippen LogP contribution < -0.4 is 10.5 Å². The molecule has 12 heavy (non-hydrogen) atoms. The third-order valence-electron chi connectivity index (χ3n) is 1.49. The Hall–Kier alpha value is -1.40. The van der Waals surface area contributed by atoms with E-state index >= 15 is 0 Å². The number of methoxy groups -OCH3 is 1. The second kappa shape index (κ2) is 3.33. The van der Waals surface area contributed by atoms with E-state index in [1.807, 2.05) is 6.07 Å². The number of rotatable bonds is 1. The van der Waals surface area contributed by atoms with Gasteiger partial charge in [0.05, 0.1) is 17.8 Å². The summed E-state index contributed by atoms with van der Waals surface area (Å²) >= 11 is 5.69. The molecule has 3 nitrogen and oxygen atoms in total. The molecule has 0 aliphatic carbocycles. The lowest BCUT2D eigenvalue weighted by molar-refractivity contribution is 0.414. The predicted molar refractivity (Wildman–Crippen MR) is 47.1 cm³/mol. The highest BCUT2D eigenvalue weighted by atomic mass is 35.5. The van der Waals surface area contributed by atoms with Crippen LogP contribution in [-0.4, -0.2) is 7.11 Å². The summed E-state index contributed by atoms with van der Waals surface area (Å²) in [6.45, 7) is 0. The van der Waals surface area contributed by atoms with E-state index in [0.717, 1.165) is 0 Å². The average molecular weight is 183 g/mol. The Labute approximate surface area is 75.3 Å². The van der Waals surface area contributed by atoms with Crippen LogP contribution in [0.4, 0.5) is 5.69 Å². The van der Waals surface area contributed by atoms with Crippen molar-refractivity contribution in [2.45, 2.75) is 0 Å². The van der Waals surface area contributed by atoms with Crippen molar-refractivity contribution in [1.82, 2.24) is 0 Å². The van der Waals surface area contributed by atoms with E-state index < -0.39 is 0 Å². The van der Waals surface area contributed by atoms with E-state index in [2.05, 4.69) is 0 Å². The standard InChI is InChI=1S/C8H7ClN2O/c1-12-7-3-2-6(9)8(11)5(7)4-10/h2-3H,11H2,1H3. The van der Waals surface area contributed by atoms with E-state index in [4.69, 9.17) is 27.3 Å². The number of benzene rings is 1. The van der Waals surface area contributed by atoms with Gasteiger partial charge in [-0.05, 0) is 12.1 Å². The molecule has 0 spiro atoms. The molecular formula is C8H7ClN2O. The van der Waals surface area contributed by atoms with Crippen molar-refractivity contribution in [3.63, 3.8) is 0 Å². The first-order chi connectivity index (χ1) is 5.70. The van der Waals surface area contributed by atoms with Gasteiger partial charge in [0.25, 0.3) is 0 Å². The van der Waals surface area contributed by atoms with Crippen LogP contribution in [0.25, 0.3) is 0 Å². The van der Waals surface area contributed by atoms with E-state index in [0.29, 0.717) is 10.8 Å². The zero-order valence-corrected chi connectivity index (χ0v) is 7.22. The number of anilines is 1. The highest BCUT2D eigenvalue weighted by molar-refractivity contribution is 6.33. The Morgan fingerprint density at radius 1 is 1.58 bits per heavy atom. The fourth-order valence-corrected chi connectivity index (χ4v) is 1.02. The van der Waals surface area contributed by atoms with Gasteiger partial charge in [-0.3, -0.25) is 0 Å². The van der Waals surface area contributed by atoms with E-state index in [9.17, 15) is 0 Å². The molecule has 0 amide bonds. The monoisotopic (exact) mass is 182 g/mol. The summed E-state index contributed by atoms with van der Waals surface area (Å²) in [6.07, 6.45) is 0. The fraction of sp³-hybridized carbons (Fsp3) is 0.125. The van der Waals surface area contributed by atoms with Crippen molar-refractivity contribution in [2.24, 2.45) is 0 Å².